The average molecular weight is 320 g/mol. The van der Waals surface area contributed by atoms with Crippen LogP contribution in [-0.4, -0.2) is 17.5 Å². The summed E-state index contributed by atoms with van der Waals surface area (Å²) in [5.74, 6) is 2.56. The molecule has 0 saturated heterocycles. The standard InChI is InChI=1S/C13H19BrFNS/c1-9(2)7-17-8-12(16)5-10-3-4-11(15)6-13(10)14/h3-4,6,9,12H,5,7-8,16H2,1-2H3. The van der Waals surface area contributed by atoms with Crippen molar-refractivity contribution in [3.05, 3.63) is 34.1 Å². The molecule has 0 saturated carbocycles. The predicted octanol–water partition coefficient (Wildman–Crippen LogP) is 3.85. The molecular weight excluding hydrogens is 301 g/mol. The van der Waals surface area contributed by atoms with E-state index in [9.17, 15) is 4.39 Å². The number of benzene rings is 1. The van der Waals surface area contributed by atoms with E-state index >= 15 is 0 Å². The third kappa shape index (κ3) is 5.89. The summed E-state index contributed by atoms with van der Waals surface area (Å²) in [6.07, 6.45) is 0.784. The summed E-state index contributed by atoms with van der Waals surface area (Å²) in [4.78, 5) is 0. The highest BCUT2D eigenvalue weighted by Crippen LogP contribution is 2.20. The van der Waals surface area contributed by atoms with Crippen LogP contribution in [0.5, 0.6) is 0 Å². The van der Waals surface area contributed by atoms with Gasteiger partial charge in [0.15, 0.2) is 0 Å². The minimum Gasteiger partial charge on any atom is -0.327 e. The maximum Gasteiger partial charge on any atom is 0.124 e. The van der Waals surface area contributed by atoms with Crippen LogP contribution in [0.2, 0.25) is 0 Å². The summed E-state index contributed by atoms with van der Waals surface area (Å²) in [6, 6.07) is 4.89. The van der Waals surface area contributed by atoms with Crippen LogP contribution < -0.4 is 5.73 Å². The van der Waals surface area contributed by atoms with Gasteiger partial charge in [0, 0.05) is 16.3 Å². The van der Waals surface area contributed by atoms with E-state index in [0.29, 0.717) is 5.92 Å². The third-order valence-corrected chi connectivity index (χ3v) is 4.58. The van der Waals surface area contributed by atoms with E-state index < -0.39 is 0 Å². The number of rotatable bonds is 6. The first kappa shape index (κ1) is 15.0. The second kappa shape index (κ2) is 7.39. The zero-order valence-electron chi connectivity index (χ0n) is 10.2. The molecule has 4 heteroatoms. The summed E-state index contributed by atoms with van der Waals surface area (Å²) in [7, 11) is 0. The molecule has 1 aromatic rings. The van der Waals surface area contributed by atoms with Gasteiger partial charge in [0.2, 0.25) is 0 Å². The molecule has 1 nitrogen and oxygen atoms in total. The highest BCUT2D eigenvalue weighted by atomic mass is 79.9. The number of hydrogen-bond donors (Lipinski definition) is 1. The van der Waals surface area contributed by atoms with Crippen LogP contribution in [0, 0.1) is 11.7 Å². The Morgan fingerprint density at radius 2 is 2.06 bits per heavy atom. The van der Waals surface area contributed by atoms with Crippen LogP contribution in [0.3, 0.4) is 0 Å². The Bertz CT molecular complexity index is 357. The number of thioether (sulfide) groups is 1. The fourth-order valence-electron chi connectivity index (χ4n) is 1.48. The van der Waals surface area contributed by atoms with Crippen molar-refractivity contribution in [1.82, 2.24) is 0 Å². The summed E-state index contributed by atoms with van der Waals surface area (Å²) in [5, 5.41) is 0. The second-order valence-corrected chi connectivity index (χ2v) is 6.56. The first-order valence-electron chi connectivity index (χ1n) is 5.76. The summed E-state index contributed by atoms with van der Waals surface area (Å²) < 4.78 is 13.7. The Kier molecular flexibility index (Phi) is 6.52. The Morgan fingerprint density at radius 1 is 1.35 bits per heavy atom. The van der Waals surface area contributed by atoms with Gasteiger partial charge in [-0.1, -0.05) is 35.8 Å². The van der Waals surface area contributed by atoms with Gasteiger partial charge in [-0.3, -0.25) is 0 Å². The molecule has 0 spiro atoms. The Balaban J connectivity index is 2.42. The van der Waals surface area contributed by atoms with Crippen molar-refractivity contribution in [2.75, 3.05) is 11.5 Å². The molecule has 0 aromatic heterocycles. The van der Waals surface area contributed by atoms with Crippen LogP contribution >= 0.6 is 27.7 Å². The van der Waals surface area contributed by atoms with Crippen molar-refractivity contribution >= 4 is 27.7 Å². The normalized spacial score (nSPS) is 13.1. The van der Waals surface area contributed by atoms with E-state index in [1.807, 2.05) is 11.8 Å². The molecule has 0 fully saturated rings. The van der Waals surface area contributed by atoms with Crippen molar-refractivity contribution < 1.29 is 4.39 Å². The number of nitrogens with two attached hydrogens (primary N) is 1. The fraction of sp³-hybridized carbons (Fsp3) is 0.538. The van der Waals surface area contributed by atoms with E-state index in [2.05, 4.69) is 29.8 Å². The van der Waals surface area contributed by atoms with Gasteiger partial charge in [-0.25, -0.2) is 4.39 Å². The van der Waals surface area contributed by atoms with Crippen LogP contribution in [0.1, 0.15) is 19.4 Å². The molecule has 1 unspecified atom stereocenters. The Hall–Kier alpha value is -0.0600. The average Bonchev–Trinajstić information content (AvgIpc) is 2.21. The first-order chi connectivity index (χ1) is 7.99. The van der Waals surface area contributed by atoms with Gasteiger partial charge in [0.05, 0.1) is 0 Å². The van der Waals surface area contributed by atoms with Crippen LogP contribution in [-0.2, 0) is 6.42 Å². The van der Waals surface area contributed by atoms with Gasteiger partial charge >= 0.3 is 0 Å². The molecule has 96 valence electrons. The van der Waals surface area contributed by atoms with Crippen LogP contribution in [0.25, 0.3) is 0 Å². The lowest BCUT2D eigenvalue weighted by molar-refractivity contribution is 0.624. The maximum atomic E-state index is 12.9. The SMILES string of the molecule is CC(C)CSCC(N)Cc1ccc(F)cc1Br. The topological polar surface area (TPSA) is 26.0 Å². The second-order valence-electron chi connectivity index (χ2n) is 4.63. The Labute approximate surface area is 115 Å². The molecule has 1 aromatic carbocycles. The molecule has 1 atom stereocenters. The zero-order valence-corrected chi connectivity index (χ0v) is 12.7. The molecule has 1 rings (SSSR count). The largest absolute Gasteiger partial charge is 0.327 e. The van der Waals surface area contributed by atoms with Crippen molar-refractivity contribution in [2.45, 2.75) is 26.3 Å². The molecule has 17 heavy (non-hydrogen) atoms. The molecule has 2 N–H and O–H groups in total. The molecule has 0 amide bonds. The minimum atomic E-state index is -0.219. The van der Waals surface area contributed by atoms with E-state index in [1.54, 1.807) is 6.07 Å². The highest BCUT2D eigenvalue weighted by Gasteiger charge is 2.08. The molecule has 0 heterocycles. The summed E-state index contributed by atoms with van der Waals surface area (Å²) in [6.45, 7) is 4.41. The van der Waals surface area contributed by atoms with Crippen molar-refractivity contribution in [3.63, 3.8) is 0 Å². The quantitative estimate of drug-likeness (QED) is 0.862. The molecule has 0 bridgehead atoms. The van der Waals surface area contributed by atoms with Gasteiger partial charge in [-0.15, -0.1) is 0 Å². The van der Waals surface area contributed by atoms with E-state index in [4.69, 9.17) is 5.73 Å². The van der Waals surface area contributed by atoms with Gasteiger partial charge < -0.3 is 5.73 Å². The number of halogens is 2. The fourth-order valence-corrected chi connectivity index (χ4v) is 3.02. The predicted molar refractivity (Wildman–Crippen MR) is 77.9 cm³/mol. The lowest BCUT2D eigenvalue weighted by Gasteiger charge is -2.13. The van der Waals surface area contributed by atoms with Gasteiger partial charge in [-0.05, 0) is 35.8 Å². The lowest BCUT2D eigenvalue weighted by atomic mass is 10.1. The molecule has 0 aliphatic rings. The van der Waals surface area contributed by atoms with E-state index in [1.165, 1.54) is 12.1 Å². The summed E-state index contributed by atoms with van der Waals surface area (Å²) in [5.41, 5.74) is 7.14. The van der Waals surface area contributed by atoms with Gasteiger partial charge in [0.1, 0.15) is 5.82 Å². The highest BCUT2D eigenvalue weighted by molar-refractivity contribution is 9.10. The maximum absolute atomic E-state index is 12.9. The molecular formula is C13H19BrFNS. The molecule has 0 aliphatic heterocycles. The minimum absolute atomic E-state index is 0.125. The van der Waals surface area contributed by atoms with Gasteiger partial charge in [-0.2, -0.15) is 11.8 Å². The van der Waals surface area contributed by atoms with Crippen molar-refractivity contribution in [2.24, 2.45) is 11.7 Å². The third-order valence-electron chi connectivity index (χ3n) is 2.28. The van der Waals surface area contributed by atoms with E-state index in [0.717, 1.165) is 28.0 Å². The smallest absolute Gasteiger partial charge is 0.124 e. The summed E-state index contributed by atoms with van der Waals surface area (Å²) >= 11 is 5.25. The first-order valence-corrected chi connectivity index (χ1v) is 7.71. The molecule has 0 radical (unpaired) electrons. The number of hydrogen-bond acceptors (Lipinski definition) is 2. The van der Waals surface area contributed by atoms with Crippen LogP contribution in [0.4, 0.5) is 4.39 Å². The van der Waals surface area contributed by atoms with Gasteiger partial charge in [0.25, 0.3) is 0 Å². The lowest BCUT2D eigenvalue weighted by Crippen LogP contribution is -2.26. The van der Waals surface area contributed by atoms with Crippen molar-refractivity contribution in [1.29, 1.82) is 0 Å². The monoisotopic (exact) mass is 319 g/mol. The Morgan fingerprint density at radius 3 is 2.65 bits per heavy atom. The van der Waals surface area contributed by atoms with Crippen molar-refractivity contribution in [3.8, 4) is 0 Å². The van der Waals surface area contributed by atoms with E-state index in [-0.39, 0.29) is 11.9 Å². The molecule has 0 aliphatic carbocycles. The zero-order chi connectivity index (χ0) is 12.8. The van der Waals surface area contributed by atoms with Crippen LogP contribution in [0.15, 0.2) is 22.7 Å².